The molecule has 1 saturated heterocycles. The van der Waals surface area contributed by atoms with E-state index in [0.29, 0.717) is 11.8 Å². The van der Waals surface area contributed by atoms with E-state index in [1.807, 2.05) is 0 Å². The molecule has 0 aliphatic carbocycles. The van der Waals surface area contributed by atoms with Crippen LogP contribution in [-0.4, -0.2) is 23.9 Å². The molecule has 0 aromatic carbocycles. The Morgan fingerprint density at radius 2 is 1.70 bits per heavy atom. The minimum Gasteiger partial charge on any atom is -0.343 e. The van der Waals surface area contributed by atoms with Crippen molar-refractivity contribution in [1.82, 2.24) is 4.90 Å². The van der Waals surface area contributed by atoms with Crippen LogP contribution in [0.25, 0.3) is 0 Å². The third kappa shape index (κ3) is 8.22. The summed E-state index contributed by atoms with van der Waals surface area (Å²) in [6, 6.07) is 0. The van der Waals surface area contributed by atoms with E-state index in [0.717, 1.165) is 31.8 Å². The Hall–Kier alpha value is -0.530. The fourth-order valence-corrected chi connectivity index (χ4v) is 4.02. The smallest absolute Gasteiger partial charge is 0.225 e. The number of nitrogens with zero attached hydrogens (tertiary/aromatic N) is 1. The number of hydrogen-bond donors (Lipinski definition) is 0. The molecule has 0 aromatic heterocycles. The van der Waals surface area contributed by atoms with Crippen molar-refractivity contribution in [2.45, 2.75) is 104 Å². The lowest BCUT2D eigenvalue weighted by Gasteiger charge is -2.31. The third-order valence-electron chi connectivity index (χ3n) is 5.73. The Morgan fingerprint density at radius 1 is 1.00 bits per heavy atom. The Balaban J connectivity index is 2.13. The van der Waals surface area contributed by atoms with Crippen LogP contribution in [-0.2, 0) is 4.79 Å². The number of likely N-dealkylation sites (tertiary alicyclic amines) is 1. The highest BCUT2D eigenvalue weighted by atomic mass is 16.2. The van der Waals surface area contributed by atoms with Crippen LogP contribution in [0.2, 0.25) is 0 Å². The van der Waals surface area contributed by atoms with Gasteiger partial charge in [-0.25, -0.2) is 0 Å². The number of carbonyl (C=O) groups excluding carboxylic acids is 1. The first-order chi connectivity index (χ1) is 11.2. The van der Waals surface area contributed by atoms with Crippen molar-refractivity contribution in [3.63, 3.8) is 0 Å². The predicted octanol–water partition coefficient (Wildman–Crippen LogP) is 6.19. The molecule has 0 aromatic rings. The molecule has 1 heterocycles. The molecule has 1 fully saturated rings. The van der Waals surface area contributed by atoms with Gasteiger partial charge >= 0.3 is 0 Å². The van der Waals surface area contributed by atoms with Gasteiger partial charge in [-0.05, 0) is 32.1 Å². The highest BCUT2D eigenvalue weighted by molar-refractivity contribution is 5.79. The quantitative estimate of drug-likeness (QED) is 0.370. The zero-order valence-electron chi connectivity index (χ0n) is 16.1. The lowest BCUT2D eigenvalue weighted by Crippen LogP contribution is -2.40. The topological polar surface area (TPSA) is 20.3 Å². The van der Waals surface area contributed by atoms with Crippen molar-refractivity contribution < 1.29 is 4.79 Å². The van der Waals surface area contributed by atoms with Crippen LogP contribution in [0.3, 0.4) is 0 Å². The summed E-state index contributed by atoms with van der Waals surface area (Å²) in [5.74, 6) is 1.65. The molecule has 2 nitrogen and oxygen atoms in total. The van der Waals surface area contributed by atoms with E-state index in [9.17, 15) is 4.79 Å². The van der Waals surface area contributed by atoms with Crippen molar-refractivity contribution >= 4 is 5.91 Å². The molecule has 2 atom stereocenters. The predicted molar refractivity (Wildman–Crippen MR) is 101 cm³/mol. The van der Waals surface area contributed by atoms with Gasteiger partial charge in [-0.15, -0.1) is 0 Å². The molecule has 0 radical (unpaired) electrons. The van der Waals surface area contributed by atoms with Gasteiger partial charge in [0, 0.05) is 19.0 Å². The Labute approximate surface area is 145 Å². The molecular weight excluding hydrogens is 282 g/mol. The minimum atomic E-state index is 0.329. The monoisotopic (exact) mass is 323 g/mol. The second-order valence-electron chi connectivity index (χ2n) is 7.52. The molecular formula is C21H41NO. The van der Waals surface area contributed by atoms with Gasteiger partial charge < -0.3 is 4.90 Å². The van der Waals surface area contributed by atoms with Crippen LogP contribution in [0.15, 0.2) is 0 Å². The number of rotatable bonds is 13. The third-order valence-corrected chi connectivity index (χ3v) is 5.73. The maximum Gasteiger partial charge on any atom is 0.225 e. The van der Waals surface area contributed by atoms with E-state index in [-0.39, 0.29) is 0 Å². The average molecular weight is 324 g/mol. The Kier molecular flexibility index (Phi) is 11.5. The Morgan fingerprint density at radius 3 is 2.39 bits per heavy atom. The second-order valence-corrected chi connectivity index (χ2v) is 7.52. The van der Waals surface area contributed by atoms with Gasteiger partial charge in [0.25, 0.3) is 0 Å². The minimum absolute atomic E-state index is 0.329. The highest BCUT2D eigenvalue weighted by Gasteiger charge is 2.27. The van der Waals surface area contributed by atoms with E-state index in [2.05, 4.69) is 25.7 Å². The van der Waals surface area contributed by atoms with Gasteiger partial charge in [-0.2, -0.15) is 0 Å². The molecule has 1 aliphatic heterocycles. The van der Waals surface area contributed by atoms with Crippen molar-refractivity contribution in [3.8, 4) is 0 Å². The first kappa shape index (κ1) is 20.5. The van der Waals surface area contributed by atoms with Gasteiger partial charge in [0.2, 0.25) is 5.91 Å². The molecule has 2 heteroatoms. The van der Waals surface area contributed by atoms with E-state index < -0.39 is 0 Å². The van der Waals surface area contributed by atoms with Gasteiger partial charge in [0.15, 0.2) is 0 Å². The molecule has 2 unspecified atom stereocenters. The second kappa shape index (κ2) is 12.8. The van der Waals surface area contributed by atoms with Crippen molar-refractivity contribution in [2.75, 3.05) is 13.1 Å². The maximum atomic E-state index is 12.3. The summed E-state index contributed by atoms with van der Waals surface area (Å²) >= 11 is 0. The van der Waals surface area contributed by atoms with Crippen LogP contribution in [0.4, 0.5) is 0 Å². The van der Waals surface area contributed by atoms with Gasteiger partial charge in [0.05, 0.1) is 0 Å². The standard InChI is InChI=1S/C21H41NO/c1-4-7-8-9-10-11-14-19(5-2)15-12-16-20-17-13-18-22(6-3)21(20)23/h19-20H,4-18H2,1-3H3. The summed E-state index contributed by atoms with van der Waals surface area (Å²) < 4.78 is 0. The zero-order valence-corrected chi connectivity index (χ0v) is 16.1. The molecule has 0 saturated carbocycles. The summed E-state index contributed by atoms with van der Waals surface area (Å²) in [5.41, 5.74) is 0. The van der Waals surface area contributed by atoms with E-state index >= 15 is 0 Å². The molecule has 0 spiro atoms. The van der Waals surface area contributed by atoms with Crippen LogP contribution in [0.5, 0.6) is 0 Å². The lowest BCUT2D eigenvalue weighted by atomic mass is 9.87. The number of unbranched alkanes of at least 4 members (excludes halogenated alkanes) is 5. The van der Waals surface area contributed by atoms with Crippen molar-refractivity contribution in [3.05, 3.63) is 0 Å². The number of piperidine rings is 1. The van der Waals surface area contributed by atoms with E-state index in [1.54, 1.807) is 0 Å². The van der Waals surface area contributed by atoms with Crippen LogP contribution in [0.1, 0.15) is 104 Å². The fourth-order valence-electron chi connectivity index (χ4n) is 4.02. The molecule has 1 amide bonds. The number of carbonyl (C=O) groups is 1. The van der Waals surface area contributed by atoms with Crippen molar-refractivity contribution in [2.24, 2.45) is 11.8 Å². The largest absolute Gasteiger partial charge is 0.343 e. The first-order valence-corrected chi connectivity index (χ1v) is 10.5. The van der Waals surface area contributed by atoms with Gasteiger partial charge in [-0.3, -0.25) is 4.79 Å². The highest BCUT2D eigenvalue weighted by Crippen LogP contribution is 2.26. The first-order valence-electron chi connectivity index (χ1n) is 10.5. The lowest BCUT2D eigenvalue weighted by molar-refractivity contribution is -0.138. The fraction of sp³-hybridized carbons (Fsp3) is 0.952. The molecule has 0 bridgehead atoms. The maximum absolute atomic E-state index is 12.3. The SMILES string of the molecule is CCCCCCCCC(CC)CCCC1CCCN(CC)C1=O. The van der Waals surface area contributed by atoms with E-state index in [1.165, 1.54) is 70.6 Å². The normalized spacial score (nSPS) is 20.0. The summed E-state index contributed by atoms with van der Waals surface area (Å²) in [6.45, 7) is 8.61. The van der Waals surface area contributed by atoms with Crippen LogP contribution >= 0.6 is 0 Å². The van der Waals surface area contributed by atoms with Crippen molar-refractivity contribution in [1.29, 1.82) is 0 Å². The number of amides is 1. The number of hydrogen-bond acceptors (Lipinski definition) is 1. The molecule has 1 rings (SSSR count). The molecule has 136 valence electrons. The Bertz CT molecular complexity index is 302. The zero-order chi connectivity index (χ0) is 16.9. The summed E-state index contributed by atoms with van der Waals surface area (Å²) in [5, 5.41) is 0. The molecule has 23 heavy (non-hydrogen) atoms. The summed E-state index contributed by atoms with van der Waals surface area (Å²) in [7, 11) is 0. The average Bonchev–Trinajstić information content (AvgIpc) is 2.57. The summed E-state index contributed by atoms with van der Waals surface area (Å²) in [4.78, 5) is 14.4. The van der Waals surface area contributed by atoms with Gasteiger partial charge in [0.1, 0.15) is 0 Å². The summed E-state index contributed by atoms with van der Waals surface area (Å²) in [6.07, 6.45) is 17.2. The van der Waals surface area contributed by atoms with E-state index in [4.69, 9.17) is 0 Å². The van der Waals surface area contributed by atoms with Crippen LogP contribution < -0.4 is 0 Å². The van der Waals surface area contributed by atoms with Gasteiger partial charge in [-0.1, -0.05) is 78.1 Å². The molecule has 0 N–H and O–H groups in total. The van der Waals surface area contributed by atoms with Crippen LogP contribution in [0, 0.1) is 11.8 Å². The molecule has 1 aliphatic rings.